The SMILES string of the molecule is C#CCC(C)(C)Nc1nc(C(=O)O)co1. The molecule has 0 aliphatic rings. The van der Waals surface area contributed by atoms with E-state index in [0.29, 0.717) is 6.42 Å². The van der Waals surface area contributed by atoms with E-state index in [2.05, 4.69) is 16.2 Å². The zero-order valence-electron chi connectivity index (χ0n) is 8.57. The summed E-state index contributed by atoms with van der Waals surface area (Å²) in [5.74, 6) is 1.39. The quantitative estimate of drug-likeness (QED) is 0.735. The monoisotopic (exact) mass is 208 g/mol. The fourth-order valence-electron chi connectivity index (χ4n) is 1.02. The van der Waals surface area contributed by atoms with E-state index in [1.807, 2.05) is 13.8 Å². The number of hydrogen-bond donors (Lipinski definition) is 2. The van der Waals surface area contributed by atoms with Crippen molar-refractivity contribution in [2.24, 2.45) is 0 Å². The number of nitrogens with zero attached hydrogens (tertiary/aromatic N) is 1. The molecule has 1 aromatic rings. The van der Waals surface area contributed by atoms with E-state index in [9.17, 15) is 4.79 Å². The number of oxazole rings is 1. The van der Waals surface area contributed by atoms with Crippen LogP contribution in [0.4, 0.5) is 6.01 Å². The number of carboxylic acid groups (broad SMARTS) is 1. The molecule has 0 radical (unpaired) electrons. The lowest BCUT2D eigenvalue weighted by molar-refractivity contribution is 0.0690. The van der Waals surface area contributed by atoms with Crippen molar-refractivity contribution in [3.05, 3.63) is 12.0 Å². The van der Waals surface area contributed by atoms with Gasteiger partial charge in [0.05, 0.1) is 0 Å². The first-order valence-electron chi connectivity index (χ1n) is 4.35. The number of aromatic carboxylic acids is 1. The fraction of sp³-hybridized carbons (Fsp3) is 0.400. The van der Waals surface area contributed by atoms with Crippen LogP contribution in [-0.2, 0) is 0 Å². The number of aromatic nitrogens is 1. The van der Waals surface area contributed by atoms with Gasteiger partial charge in [-0.15, -0.1) is 12.3 Å². The molecule has 0 aliphatic heterocycles. The van der Waals surface area contributed by atoms with Crippen molar-refractivity contribution in [3.8, 4) is 12.3 Å². The van der Waals surface area contributed by atoms with Crippen molar-refractivity contribution < 1.29 is 14.3 Å². The lowest BCUT2D eigenvalue weighted by atomic mass is 10.0. The molecule has 5 nitrogen and oxygen atoms in total. The van der Waals surface area contributed by atoms with Crippen molar-refractivity contribution in [1.29, 1.82) is 0 Å². The van der Waals surface area contributed by atoms with Gasteiger partial charge < -0.3 is 14.8 Å². The zero-order valence-corrected chi connectivity index (χ0v) is 8.57. The first-order valence-corrected chi connectivity index (χ1v) is 4.35. The molecule has 0 atom stereocenters. The van der Waals surface area contributed by atoms with Gasteiger partial charge in [0.15, 0.2) is 5.69 Å². The van der Waals surface area contributed by atoms with Crippen molar-refractivity contribution >= 4 is 12.0 Å². The molecule has 2 N–H and O–H groups in total. The van der Waals surface area contributed by atoms with Gasteiger partial charge in [-0.3, -0.25) is 0 Å². The molecule has 0 aliphatic carbocycles. The Bertz CT molecular complexity index is 401. The second-order valence-electron chi connectivity index (χ2n) is 3.73. The van der Waals surface area contributed by atoms with Crippen molar-refractivity contribution in [2.45, 2.75) is 25.8 Å². The summed E-state index contributed by atoms with van der Waals surface area (Å²) in [5.41, 5.74) is -0.510. The molecular weight excluding hydrogens is 196 g/mol. The predicted octanol–water partition coefficient (Wildman–Crippen LogP) is 1.59. The Hall–Kier alpha value is -1.96. The minimum absolute atomic E-state index is 0.131. The van der Waals surface area contributed by atoms with E-state index < -0.39 is 5.97 Å². The first-order chi connectivity index (χ1) is 6.94. The van der Waals surface area contributed by atoms with Gasteiger partial charge in [0.25, 0.3) is 6.01 Å². The minimum atomic E-state index is -1.12. The smallest absolute Gasteiger partial charge is 0.357 e. The average Bonchev–Trinajstić information content (AvgIpc) is 2.51. The van der Waals surface area contributed by atoms with Gasteiger partial charge in [-0.05, 0) is 13.8 Å². The molecule has 1 heterocycles. The third-order valence-corrected chi connectivity index (χ3v) is 1.71. The van der Waals surface area contributed by atoms with Crippen LogP contribution < -0.4 is 5.32 Å². The molecule has 1 aromatic heterocycles. The summed E-state index contributed by atoms with van der Waals surface area (Å²) in [6.07, 6.45) is 6.75. The van der Waals surface area contributed by atoms with Crippen LogP contribution in [0.25, 0.3) is 0 Å². The molecule has 15 heavy (non-hydrogen) atoms. The highest BCUT2D eigenvalue weighted by atomic mass is 16.4. The number of terminal acetylenes is 1. The third kappa shape index (κ3) is 3.02. The molecule has 0 saturated carbocycles. The van der Waals surface area contributed by atoms with E-state index >= 15 is 0 Å². The van der Waals surface area contributed by atoms with E-state index in [1.54, 1.807) is 0 Å². The summed E-state index contributed by atoms with van der Waals surface area (Å²) in [6, 6.07) is 0.160. The predicted molar refractivity (Wildman–Crippen MR) is 54.6 cm³/mol. The Morgan fingerprint density at radius 2 is 2.47 bits per heavy atom. The van der Waals surface area contributed by atoms with Gasteiger partial charge in [0.2, 0.25) is 0 Å². The van der Waals surface area contributed by atoms with Gasteiger partial charge in [-0.2, -0.15) is 4.98 Å². The fourth-order valence-corrected chi connectivity index (χ4v) is 1.02. The summed E-state index contributed by atoms with van der Waals surface area (Å²) >= 11 is 0. The highest BCUT2D eigenvalue weighted by molar-refractivity contribution is 5.85. The summed E-state index contributed by atoms with van der Waals surface area (Å²) in [7, 11) is 0. The van der Waals surface area contributed by atoms with E-state index in [4.69, 9.17) is 15.9 Å². The average molecular weight is 208 g/mol. The summed E-state index contributed by atoms with van der Waals surface area (Å²) < 4.78 is 4.94. The normalized spacial score (nSPS) is 10.7. The molecule has 0 aromatic carbocycles. The van der Waals surface area contributed by atoms with Crippen molar-refractivity contribution in [3.63, 3.8) is 0 Å². The standard InChI is InChI=1S/C10H12N2O3/c1-4-5-10(2,3)12-9-11-7(6-15-9)8(13)14/h1,6H,5H2,2-3H3,(H,11,12)(H,13,14). The third-order valence-electron chi connectivity index (χ3n) is 1.71. The maximum absolute atomic E-state index is 10.5. The number of anilines is 1. The highest BCUT2D eigenvalue weighted by Crippen LogP contribution is 2.17. The van der Waals surface area contributed by atoms with Crippen LogP contribution in [-0.4, -0.2) is 21.6 Å². The van der Waals surface area contributed by atoms with Gasteiger partial charge in [0, 0.05) is 12.0 Å². The maximum Gasteiger partial charge on any atom is 0.357 e. The lowest BCUT2D eigenvalue weighted by Gasteiger charge is -2.22. The molecule has 0 amide bonds. The second-order valence-corrected chi connectivity index (χ2v) is 3.73. The van der Waals surface area contributed by atoms with Crippen LogP contribution in [0.15, 0.2) is 10.7 Å². The topological polar surface area (TPSA) is 75.4 Å². The Morgan fingerprint density at radius 1 is 1.80 bits per heavy atom. The zero-order chi connectivity index (χ0) is 11.5. The Labute approximate surface area is 87.5 Å². The van der Waals surface area contributed by atoms with Crippen LogP contribution in [0.3, 0.4) is 0 Å². The van der Waals surface area contributed by atoms with Crippen molar-refractivity contribution in [2.75, 3.05) is 5.32 Å². The number of rotatable bonds is 4. The van der Waals surface area contributed by atoms with Gasteiger partial charge in [-0.25, -0.2) is 4.79 Å². The molecular formula is C10H12N2O3. The van der Waals surface area contributed by atoms with Crippen LogP contribution >= 0.6 is 0 Å². The molecule has 5 heteroatoms. The number of carboxylic acids is 1. The van der Waals surface area contributed by atoms with E-state index in [1.165, 1.54) is 0 Å². The maximum atomic E-state index is 10.5. The molecule has 0 saturated heterocycles. The number of carbonyl (C=O) groups is 1. The Morgan fingerprint density at radius 3 is 2.93 bits per heavy atom. The lowest BCUT2D eigenvalue weighted by Crippen LogP contribution is -2.30. The Kier molecular flexibility index (Phi) is 3.00. The Balaban J connectivity index is 2.73. The molecule has 1 rings (SSSR count). The highest BCUT2D eigenvalue weighted by Gasteiger charge is 2.19. The van der Waals surface area contributed by atoms with Crippen LogP contribution in [0, 0.1) is 12.3 Å². The second kappa shape index (κ2) is 4.05. The molecule has 80 valence electrons. The van der Waals surface area contributed by atoms with Gasteiger partial charge in [0.1, 0.15) is 6.26 Å². The van der Waals surface area contributed by atoms with E-state index in [0.717, 1.165) is 6.26 Å². The number of hydrogen-bond acceptors (Lipinski definition) is 4. The number of nitrogens with one attached hydrogen (secondary N) is 1. The molecule has 0 spiro atoms. The minimum Gasteiger partial charge on any atom is -0.476 e. The van der Waals surface area contributed by atoms with Gasteiger partial charge in [-0.1, -0.05) is 0 Å². The molecule has 0 unspecified atom stereocenters. The van der Waals surface area contributed by atoms with Crippen LogP contribution in [0.5, 0.6) is 0 Å². The summed E-state index contributed by atoms with van der Waals surface area (Å²) in [4.78, 5) is 14.3. The summed E-state index contributed by atoms with van der Waals surface area (Å²) in [5, 5.41) is 11.5. The first kappa shape index (κ1) is 11.1. The van der Waals surface area contributed by atoms with E-state index in [-0.39, 0.29) is 17.2 Å². The largest absolute Gasteiger partial charge is 0.476 e. The van der Waals surface area contributed by atoms with Gasteiger partial charge >= 0.3 is 5.97 Å². The molecule has 0 fully saturated rings. The van der Waals surface area contributed by atoms with Crippen LogP contribution in [0.2, 0.25) is 0 Å². The van der Waals surface area contributed by atoms with Crippen molar-refractivity contribution in [1.82, 2.24) is 4.98 Å². The molecule has 0 bridgehead atoms. The summed E-state index contributed by atoms with van der Waals surface area (Å²) in [6.45, 7) is 3.75. The van der Waals surface area contributed by atoms with Crippen LogP contribution in [0.1, 0.15) is 30.8 Å².